The second-order valence-electron chi connectivity index (χ2n) is 5.68. The quantitative estimate of drug-likeness (QED) is 0.765. The van der Waals surface area contributed by atoms with Crippen molar-refractivity contribution >= 4 is 11.6 Å². The van der Waals surface area contributed by atoms with E-state index < -0.39 is 0 Å². The number of nitrogens with zero attached hydrogens (tertiary/aromatic N) is 3. The first kappa shape index (κ1) is 15.0. The van der Waals surface area contributed by atoms with Gasteiger partial charge in [-0.1, -0.05) is 20.8 Å². The molecule has 0 saturated heterocycles. The van der Waals surface area contributed by atoms with Crippen LogP contribution in [0.3, 0.4) is 0 Å². The molecule has 5 heteroatoms. The molecular weight excluding hydrogens is 250 g/mol. The summed E-state index contributed by atoms with van der Waals surface area (Å²) in [5, 5.41) is 6.64. The number of anilines is 2. The maximum Gasteiger partial charge on any atom is 0.135 e. The summed E-state index contributed by atoms with van der Waals surface area (Å²) >= 11 is 0. The molecular formula is C15H27N5. The third-order valence-corrected chi connectivity index (χ3v) is 3.86. The van der Waals surface area contributed by atoms with Crippen LogP contribution in [-0.4, -0.2) is 47.6 Å². The van der Waals surface area contributed by atoms with Crippen LogP contribution in [0.15, 0.2) is 6.33 Å². The van der Waals surface area contributed by atoms with Gasteiger partial charge in [-0.25, -0.2) is 9.97 Å². The van der Waals surface area contributed by atoms with Crippen LogP contribution in [0.25, 0.3) is 0 Å². The largest absolute Gasteiger partial charge is 0.373 e. The molecule has 2 rings (SSSR count). The minimum Gasteiger partial charge on any atom is -0.373 e. The lowest BCUT2D eigenvalue weighted by molar-refractivity contribution is 0.289. The van der Waals surface area contributed by atoms with E-state index in [4.69, 9.17) is 0 Å². The average Bonchev–Trinajstić information content (AvgIpc) is 3.27. The monoisotopic (exact) mass is 277 g/mol. The highest BCUT2D eigenvalue weighted by molar-refractivity contribution is 5.58. The highest BCUT2D eigenvalue weighted by atomic mass is 15.2. The van der Waals surface area contributed by atoms with Gasteiger partial charge in [0.15, 0.2) is 0 Å². The van der Waals surface area contributed by atoms with Crippen molar-refractivity contribution in [3.8, 4) is 0 Å². The fraction of sp³-hybridized carbons (Fsp3) is 0.733. The Bertz CT molecular complexity index is 428. The van der Waals surface area contributed by atoms with Crippen molar-refractivity contribution in [3.63, 3.8) is 0 Å². The summed E-state index contributed by atoms with van der Waals surface area (Å²) in [6, 6.07) is 0.824. The predicted molar refractivity (Wildman–Crippen MR) is 84.4 cm³/mol. The maximum atomic E-state index is 4.41. The topological polar surface area (TPSA) is 53.1 Å². The summed E-state index contributed by atoms with van der Waals surface area (Å²) in [7, 11) is 1.91. The lowest BCUT2D eigenvalue weighted by atomic mass is 10.0. The molecule has 1 aliphatic rings. The first-order valence-corrected chi connectivity index (χ1v) is 7.67. The van der Waals surface area contributed by atoms with Gasteiger partial charge < -0.3 is 10.6 Å². The van der Waals surface area contributed by atoms with Crippen molar-refractivity contribution in [1.29, 1.82) is 0 Å². The molecule has 5 nitrogen and oxygen atoms in total. The van der Waals surface area contributed by atoms with Crippen molar-refractivity contribution in [3.05, 3.63) is 11.9 Å². The van der Waals surface area contributed by atoms with Crippen molar-refractivity contribution in [2.75, 3.05) is 37.3 Å². The Balaban J connectivity index is 1.97. The van der Waals surface area contributed by atoms with Gasteiger partial charge in [0.25, 0.3) is 0 Å². The van der Waals surface area contributed by atoms with Gasteiger partial charge in [-0.15, -0.1) is 0 Å². The molecule has 1 aliphatic carbocycles. The van der Waals surface area contributed by atoms with Crippen LogP contribution in [0.4, 0.5) is 11.6 Å². The molecule has 1 saturated carbocycles. The first-order valence-electron chi connectivity index (χ1n) is 7.67. The Labute approximate surface area is 122 Å². The smallest absolute Gasteiger partial charge is 0.135 e. The molecule has 0 spiro atoms. The summed E-state index contributed by atoms with van der Waals surface area (Å²) in [4.78, 5) is 11.3. The molecule has 1 aromatic rings. The zero-order chi connectivity index (χ0) is 14.5. The fourth-order valence-corrected chi connectivity index (χ4v) is 2.64. The van der Waals surface area contributed by atoms with E-state index >= 15 is 0 Å². The van der Waals surface area contributed by atoms with E-state index in [1.165, 1.54) is 18.4 Å². The third-order valence-electron chi connectivity index (χ3n) is 3.86. The fourth-order valence-electron chi connectivity index (χ4n) is 2.64. The lowest BCUT2D eigenvalue weighted by Gasteiger charge is -2.21. The van der Waals surface area contributed by atoms with Crippen LogP contribution in [0, 0.1) is 0 Å². The van der Waals surface area contributed by atoms with E-state index in [9.17, 15) is 0 Å². The highest BCUT2D eigenvalue weighted by Crippen LogP contribution is 2.28. The van der Waals surface area contributed by atoms with E-state index in [0.717, 1.165) is 37.3 Å². The number of hydrogen-bond donors (Lipinski definition) is 2. The molecule has 1 heterocycles. The van der Waals surface area contributed by atoms with Crippen LogP contribution in [-0.2, 0) is 0 Å². The highest BCUT2D eigenvalue weighted by Gasteiger charge is 2.27. The number of rotatable bonds is 8. The molecule has 1 fully saturated rings. The molecule has 0 amide bonds. The molecule has 0 aromatic carbocycles. The third kappa shape index (κ3) is 3.60. The molecule has 0 unspecified atom stereocenters. The van der Waals surface area contributed by atoms with Crippen molar-refractivity contribution < 1.29 is 0 Å². The van der Waals surface area contributed by atoms with Gasteiger partial charge in [-0.2, -0.15) is 0 Å². The summed E-state index contributed by atoms with van der Waals surface area (Å²) in [6.45, 7) is 9.74. The van der Waals surface area contributed by atoms with Crippen LogP contribution in [0.2, 0.25) is 0 Å². The van der Waals surface area contributed by atoms with Crippen molar-refractivity contribution in [2.24, 2.45) is 0 Å². The van der Waals surface area contributed by atoms with Gasteiger partial charge in [0.1, 0.15) is 18.0 Å². The standard InChI is InChI=1S/C15H27N5/c1-5-20(12-6-7-12)9-8-17-15-13(11(2)3)14(16-4)18-10-19-15/h10-12H,5-9H2,1-4H3,(H2,16,17,18,19). The Kier molecular flexibility index (Phi) is 5.17. The van der Waals surface area contributed by atoms with Crippen LogP contribution in [0.5, 0.6) is 0 Å². The van der Waals surface area contributed by atoms with Gasteiger partial charge in [0.05, 0.1) is 0 Å². The summed E-state index contributed by atoms with van der Waals surface area (Å²) in [5.41, 5.74) is 1.17. The van der Waals surface area contributed by atoms with E-state index in [-0.39, 0.29) is 0 Å². The minimum absolute atomic E-state index is 0.395. The SMILES string of the molecule is CCN(CCNc1ncnc(NC)c1C(C)C)C1CC1. The first-order chi connectivity index (χ1) is 9.67. The number of nitrogens with one attached hydrogen (secondary N) is 2. The molecule has 2 N–H and O–H groups in total. The van der Waals surface area contributed by atoms with Crippen LogP contribution < -0.4 is 10.6 Å². The molecule has 0 bridgehead atoms. The number of likely N-dealkylation sites (N-methyl/N-ethyl adjacent to an activating group) is 1. The Morgan fingerprint density at radius 1 is 1.30 bits per heavy atom. The number of hydrogen-bond acceptors (Lipinski definition) is 5. The van der Waals surface area contributed by atoms with Gasteiger partial charge in [0.2, 0.25) is 0 Å². The average molecular weight is 277 g/mol. The lowest BCUT2D eigenvalue weighted by Crippen LogP contribution is -2.31. The minimum atomic E-state index is 0.395. The van der Waals surface area contributed by atoms with Gasteiger partial charge in [-0.05, 0) is 25.3 Å². The van der Waals surface area contributed by atoms with Crippen molar-refractivity contribution in [1.82, 2.24) is 14.9 Å². The molecule has 1 aromatic heterocycles. The molecule has 0 aliphatic heterocycles. The maximum absolute atomic E-state index is 4.41. The summed E-state index contributed by atoms with van der Waals surface area (Å²) in [6.07, 6.45) is 4.35. The molecule has 0 atom stereocenters. The van der Waals surface area contributed by atoms with E-state index in [1.54, 1.807) is 6.33 Å². The molecule has 20 heavy (non-hydrogen) atoms. The van der Waals surface area contributed by atoms with Gasteiger partial charge >= 0.3 is 0 Å². The van der Waals surface area contributed by atoms with Gasteiger partial charge in [0, 0.05) is 31.7 Å². The van der Waals surface area contributed by atoms with E-state index in [1.807, 2.05) is 7.05 Å². The second-order valence-corrected chi connectivity index (χ2v) is 5.68. The molecule has 0 radical (unpaired) electrons. The Hall–Kier alpha value is -1.36. The zero-order valence-corrected chi connectivity index (χ0v) is 13.1. The van der Waals surface area contributed by atoms with Gasteiger partial charge in [-0.3, -0.25) is 4.90 Å². The second kappa shape index (κ2) is 6.88. The summed E-state index contributed by atoms with van der Waals surface area (Å²) < 4.78 is 0. The van der Waals surface area contributed by atoms with Crippen molar-refractivity contribution in [2.45, 2.75) is 45.6 Å². The van der Waals surface area contributed by atoms with E-state index in [2.05, 4.69) is 46.3 Å². The van der Waals surface area contributed by atoms with Crippen LogP contribution >= 0.6 is 0 Å². The van der Waals surface area contributed by atoms with Crippen LogP contribution in [0.1, 0.15) is 45.1 Å². The predicted octanol–water partition coefficient (Wildman–Crippen LogP) is 2.54. The molecule has 112 valence electrons. The zero-order valence-electron chi connectivity index (χ0n) is 13.1. The Morgan fingerprint density at radius 3 is 2.55 bits per heavy atom. The number of aromatic nitrogens is 2. The summed E-state index contributed by atoms with van der Waals surface area (Å²) in [5.74, 6) is 2.28. The van der Waals surface area contributed by atoms with E-state index in [0.29, 0.717) is 5.92 Å². The Morgan fingerprint density at radius 2 is 2.00 bits per heavy atom. The normalized spacial score (nSPS) is 14.9.